The van der Waals surface area contributed by atoms with E-state index in [-0.39, 0.29) is 36.8 Å². The highest BCUT2D eigenvalue weighted by Crippen LogP contribution is 2.50. The van der Waals surface area contributed by atoms with Crippen molar-refractivity contribution in [2.45, 2.75) is 43.5 Å². The summed E-state index contributed by atoms with van der Waals surface area (Å²) in [5.74, 6) is -3.67. The lowest BCUT2D eigenvalue weighted by Gasteiger charge is -2.43. The summed E-state index contributed by atoms with van der Waals surface area (Å²) in [6.07, 6.45) is 0.200. The predicted octanol–water partition coefficient (Wildman–Crippen LogP) is 4.05. The fourth-order valence-corrected chi connectivity index (χ4v) is 6.58. The number of hydrogen-bond donors (Lipinski definition) is 1. The van der Waals surface area contributed by atoms with Gasteiger partial charge >= 0.3 is 0 Å². The van der Waals surface area contributed by atoms with Crippen LogP contribution in [-0.4, -0.2) is 114 Å². The Kier molecular flexibility index (Phi) is 8.70. The van der Waals surface area contributed by atoms with Crippen LogP contribution in [0.1, 0.15) is 25.3 Å². The van der Waals surface area contributed by atoms with Gasteiger partial charge in [-0.15, -0.1) is 0 Å². The summed E-state index contributed by atoms with van der Waals surface area (Å²) in [6.45, 7) is 6.21. The largest absolute Gasteiger partial charge is 0.486 e. The number of halogens is 3. The molecule has 12 nitrogen and oxygen atoms in total. The number of amides is 1. The van der Waals surface area contributed by atoms with Crippen LogP contribution in [0.2, 0.25) is 0 Å². The molecule has 0 bridgehead atoms. The van der Waals surface area contributed by atoms with Gasteiger partial charge in [0, 0.05) is 57.3 Å². The first-order valence-electron chi connectivity index (χ1n) is 16.3. The average Bonchev–Trinajstić information content (AvgIpc) is 3.72. The summed E-state index contributed by atoms with van der Waals surface area (Å²) in [5.41, 5.74) is 0.205. The Morgan fingerprint density at radius 2 is 1.86 bits per heavy atom. The van der Waals surface area contributed by atoms with Gasteiger partial charge in [-0.2, -0.15) is 10.2 Å². The average molecular weight is 679 g/mol. The maximum atomic E-state index is 15.7. The minimum Gasteiger partial charge on any atom is -0.486 e. The number of nitrogens with one attached hydrogen (secondary N) is 1. The molecule has 2 unspecified atom stereocenters. The second-order valence-corrected chi connectivity index (χ2v) is 13.1. The third-order valence-corrected chi connectivity index (χ3v) is 9.65. The second-order valence-electron chi connectivity index (χ2n) is 13.1. The van der Waals surface area contributed by atoms with Gasteiger partial charge in [0.15, 0.2) is 5.67 Å². The van der Waals surface area contributed by atoms with Gasteiger partial charge in [0.2, 0.25) is 17.7 Å². The van der Waals surface area contributed by atoms with E-state index in [0.717, 1.165) is 50.0 Å². The van der Waals surface area contributed by atoms with Gasteiger partial charge in [-0.05, 0) is 43.3 Å². The number of piperazine rings is 1. The summed E-state index contributed by atoms with van der Waals surface area (Å²) in [7, 11) is 1.59. The number of hydrogen-bond acceptors (Lipinski definition) is 11. The smallest absolute Gasteiger partial charge is 0.260 e. The van der Waals surface area contributed by atoms with Crippen molar-refractivity contribution < 1.29 is 32.2 Å². The molecule has 3 atom stereocenters. The topological polar surface area (TPSA) is 129 Å². The molecule has 1 saturated carbocycles. The Labute approximate surface area is 281 Å². The number of aromatic nitrogens is 3. The van der Waals surface area contributed by atoms with Gasteiger partial charge in [0.1, 0.15) is 35.3 Å². The number of carbonyl (C=O) groups is 1. The first kappa shape index (κ1) is 32.8. The predicted molar refractivity (Wildman–Crippen MR) is 173 cm³/mol. The molecule has 0 radical (unpaired) electrons. The molecule has 1 aliphatic carbocycles. The monoisotopic (exact) mass is 678 g/mol. The van der Waals surface area contributed by atoms with E-state index in [9.17, 15) is 18.8 Å². The fraction of sp³-hybridized carbons (Fsp3) is 0.500. The Balaban J connectivity index is 1.00. The molecule has 3 aromatic rings. The molecule has 7 rings (SSSR count). The van der Waals surface area contributed by atoms with E-state index >= 15 is 4.39 Å². The van der Waals surface area contributed by atoms with E-state index in [0.29, 0.717) is 29.0 Å². The minimum absolute atomic E-state index is 0.0866. The molecule has 1 amide bonds. The first-order chi connectivity index (χ1) is 23.5. The molecule has 4 aliphatic rings. The molecule has 258 valence electrons. The molecule has 2 aromatic heterocycles. The second kappa shape index (κ2) is 13.0. The number of anilines is 3. The summed E-state index contributed by atoms with van der Waals surface area (Å²) < 4.78 is 59.5. The van der Waals surface area contributed by atoms with Crippen LogP contribution in [0.25, 0.3) is 11.3 Å². The number of pyridine rings is 1. The first-order valence-corrected chi connectivity index (χ1v) is 16.3. The molecule has 1 N–H and O–H groups in total. The molecule has 0 spiro atoms. The third kappa shape index (κ3) is 6.80. The molecular weight excluding hydrogens is 641 g/mol. The number of ether oxygens (including phenoxy) is 3. The summed E-state index contributed by atoms with van der Waals surface area (Å²) in [5, 5.41) is 13.1. The van der Waals surface area contributed by atoms with Gasteiger partial charge < -0.3 is 29.3 Å². The Bertz CT molecular complexity index is 1760. The van der Waals surface area contributed by atoms with Gasteiger partial charge in [-0.1, -0.05) is 0 Å². The maximum Gasteiger partial charge on any atom is 0.260 e. The summed E-state index contributed by atoms with van der Waals surface area (Å²) in [6, 6.07) is 13.0. The number of carbonyl (C=O) groups excluding carboxylic acids is 1. The molecule has 1 aromatic carbocycles. The fourth-order valence-electron chi connectivity index (χ4n) is 6.58. The van der Waals surface area contributed by atoms with Crippen molar-refractivity contribution >= 4 is 23.4 Å². The zero-order valence-corrected chi connectivity index (χ0v) is 27.2. The van der Waals surface area contributed by atoms with Crippen molar-refractivity contribution in [3.63, 3.8) is 0 Å². The van der Waals surface area contributed by atoms with Crippen molar-refractivity contribution in [3.8, 4) is 29.0 Å². The lowest BCUT2D eigenvalue weighted by molar-refractivity contribution is -0.142. The number of nitrogens with zero attached hydrogens (tertiary/aromatic N) is 7. The van der Waals surface area contributed by atoms with E-state index < -0.39 is 35.9 Å². The van der Waals surface area contributed by atoms with Crippen LogP contribution in [0.4, 0.5) is 30.6 Å². The molecule has 49 heavy (non-hydrogen) atoms. The molecule has 4 fully saturated rings. The Morgan fingerprint density at radius 1 is 1.08 bits per heavy atom. The number of methoxy groups -OCH3 is 1. The van der Waals surface area contributed by atoms with Gasteiger partial charge in [0.25, 0.3) is 5.92 Å². The van der Waals surface area contributed by atoms with E-state index in [1.807, 2.05) is 12.1 Å². The van der Waals surface area contributed by atoms with Crippen molar-refractivity contribution in [1.29, 1.82) is 5.26 Å². The van der Waals surface area contributed by atoms with Gasteiger partial charge in [-0.25, -0.2) is 23.1 Å². The van der Waals surface area contributed by atoms with E-state index in [1.54, 1.807) is 37.6 Å². The lowest BCUT2D eigenvalue weighted by Crippen LogP contribution is -2.56. The molecule has 15 heteroatoms. The number of nitriles is 1. The standard InChI is InChI=1S/C34H37F3N8O4/c1-33(35)20-45(31(46)24-16-34(24,36)37)10-8-28(33)49-27-5-3-21(15-22(27)17-38)25-7-9-39-32(40-25)42-29-6-4-26(30(41-29)47-2)44-13-11-43(12-14-44)23-18-48-19-23/h3-7,9,15,23-24,28H,8,10-14,16,18-20H2,1-2H3,(H,39,40,41,42)/t24-,28?,33?/m0/s1. The van der Waals surface area contributed by atoms with Crippen LogP contribution in [0.3, 0.4) is 0 Å². The van der Waals surface area contributed by atoms with Crippen LogP contribution in [0.15, 0.2) is 42.6 Å². The molecule has 3 saturated heterocycles. The van der Waals surface area contributed by atoms with E-state index in [4.69, 9.17) is 14.2 Å². The van der Waals surface area contributed by atoms with Crippen molar-refractivity contribution in [1.82, 2.24) is 24.8 Å². The number of alkyl halides is 3. The van der Waals surface area contributed by atoms with Crippen LogP contribution in [-0.2, 0) is 9.53 Å². The number of rotatable bonds is 9. The summed E-state index contributed by atoms with van der Waals surface area (Å²) >= 11 is 0. The van der Waals surface area contributed by atoms with Gasteiger partial charge in [-0.3, -0.25) is 9.69 Å². The lowest BCUT2D eigenvalue weighted by atomic mass is 9.92. The number of likely N-dealkylation sites (tertiary alicyclic amines) is 1. The molecule has 3 aliphatic heterocycles. The Morgan fingerprint density at radius 3 is 2.51 bits per heavy atom. The Hall–Kier alpha value is -4.68. The normalized spacial score (nSPS) is 25.2. The molecular formula is C34H37F3N8O4. The summed E-state index contributed by atoms with van der Waals surface area (Å²) in [4.78, 5) is 31.9. The van der Waals surface area contributed by atoms with E-state index in [1.165, 1.54) is 6.92 Å². The van der Waals surface area contributed by atoms with E-state index in [2.05, 4.69) is 36.1 Å². The van der Waals surface area contributed by atoms with Crippen LogP contribution in [0.5, 0.6) is 11.6 Å². The van der Waals surface area contributed by atoms with Crippen molar-refractivity contribution in [2.75, 3.05) is 69.8 Å². The molecule has 5 heterocycles. The third-order valence-electron chi connectivity index (χ3n) is 9.65. The van der Waals surface area contributed by atoms with Crippen LogP contribution < -0.4 is 19.7 Å². The number of benzene rings is 1. The highest BCUT2D eigenvalue weighted by molar-refractivity contribution is 5.83. The highest BCUT2D eigenvalue weighted by Gasteiger charge is 2.63. The zero-order chi connectivity index (χ0) is 34.3. The van der Waals surface area contributed by atoms with Gasteiger partial charge in [0.05, 0.1) is 44.2 Å². The quantitative estimate of drug-likeness (QED) is 0.352. The minimum atomic E-state index is -3.01. The van der Waals surface area contributed by atoms with Crippen LogP contribution >= 0.6 is 0 Å². The highest BCUT2D eigenvalue weighted by atomic mass is 19.3. The SMILES string of the molecule is COc1nc(Nc2nccc(-c3ccc(OC4CCN(C(=O)[C@@H]5CC5(F)F)CC4(C)F)c(C#N)c3)n2)ccc1N1CCN(C2COC2)CC1. The van der Waals surface area contributed by atoms with Crippen LogP contribution in [0, 0.1) is 17.2 Å². The van der Waals surface area contributed by atoms with Crippen molar-refractivity contribution in [2.24, 2.45) is 5.92 Å². The zero-order valence-electron chi connectivity index (χ0n) is 27.2. The van der Waals surface area contributed by atoms with Crippen molar-refractivity contribution in [3.05, 3.63) is 48.2 Å². The number of piperidine rings is 1. The maximum absolute atomic E-state index is 15.7.